The molecule has 0 radical (unpaired) electrons. The van der Waals surface area contributed by atoms with E-state index < -0.39 is 11.4 Å². The van der Waals surface area contributed by atoms with Crippen molar-refractivity contribution in [2.45, 2.75) is 30.9 Å². The molecule has 5 heteroatoms. The maximum absolute atomic E-state index is 11.9. The molecule has 1 fully saturated rings. The standard InChI is InChI=1S/C16H25N3O2/c1-19(11-14-9-5-6-10-21-14)12-16(18,15(17)20)13-7-3-2-4-8-13/h2-4,7-8,14H,5-6,9-12,18H2,1H3,(H2,17,20). The van der Waals surface area contributed by atoms with E-state index in [1.165, 1.54) is 6.42 Å². The summed E-state index contributed by atoms with van der Waals surface area (Å²) in [5, 5.41) is 0. The molecule has 4 N–H and O–H groups in total. The first-order valence-corrected chi connectivity index (χ1v) is 7.47. The number of likely N-dealkylation sites (N-methyl/N-ethyl adjacent to an activating group) is 1. The SMILES string of the molecule is CN(CC1CCCCO1)CC(N)(C(N)=O)c1ccccc1. The van der Waals surface area contributed by atoms with Gasteiger partial charge < -0.3 is 21.1 Å². The van der Waals surface area contributed by atoms with E-state index in [1.807, 2.05) is 42.3 Å². The van der Waals surface area contributed by atoms with Crippen molar-refractivity contribution in [2.75, 3.05) is 26.7 Å². The molecule has 0 aromatic heterocycles. The van der Waals surface area contributed by atoms with Gasteiger partial charge in [-0.3, -0.25) is 4.79 Å². The highest BCUT2D eigenvalue weighted by atomic mass is 16.5. The van der Waals surface area contributed by atoms with Gasteiger partial charge in [0.15, 0.2) is 0 Å². The molecule has 116 valence electrons. The summed E-state index contributed by atoms with van der Waals surface area (Å²) in [4.78, 5) is 13.9. The van der Waals surface area contributed by atoms with Crippen molar-refractivity contribution in [3.05, 3.63) is 35.9 Å². The minimum absolute atomic E-state index is 0.219. The highest BCUT2D eigenvalue weighted by Gasteiger charge is 2.35. The summed E-state index contributed by atoms with van der Waals surface area (Å²) in [6.07, 6.45) is 3.60. The molecule has 5 nitrogen and oxygen atoms in total. The van der Waals surface area contributed by atoms with Gasteiger partial charge in [0, 0.05) is 19.7 Å². The van der Waals surface area contributed by atoms with Crippen molar-refractivity contribution in [3.63, 3.8) is 0 Å². The number of carbonyl (C=O) groups is 1. The zero-order valence-electron chi connectivity index (χ0n) is 12.6. The van der Waals surface area contributed by atoms with Crippen LogP contribution in [-0.2, 0) is 15.1 Å². The number of carbonyl (C=O) groups excluding carboxylic acids is 1. The van der Waals surface area contributed by atoms with Crippen LogP contribution in [-0.4, -0.2) is 43.7 Å². The first-order chi connectivity index (χ1) is 10.0. The number of amides is 1. The quantitative estimate of drug-likeness (QED) is 0.813. The number of hydrogen-bond acceptors (Lipinski definition) is 4. The van der Waals surface area contributed by atoms with Gasteiger partial charge in [0.2, 0.25) is 5.91 Å². The first-order valence-electron chi connectivity index (χ1n) is 7.47. The van der Waals surface area contributed by atoms with Crippen LogP contribution in [0.15, 0.2) is 30.3 Å². The van der Waals surface area contributed by atoms with Gasteiger partial charge >= 0.3 is 0 Å². The molecule has 2 atom stereocenters. The fraction of sp³-hybridized carbons (Fsp3) is 0.562. The second-order valence-electron chi connectivity index (χ2n) is 5.89. The fourth-order valence-electron chi connectivity index (χ4n) is 2.84. The zero-order chi connectivity index (χ0) is 15.3. The van der Waals surface area contributed by atoms with Gasteiger partial charge in [-0.05, 0) is 31.9 Å². The Hall–Kier alpha value is -1.43. The number of nitrogens with two attached hydrogens (primary N) is 2. The predicted molar refractivity (Wildman–Crippen MR) is 82.6 cm³/mol. The lowest BCUT2D eigenvalue weighted by Gasteiger charge is -2.34. The molecule has 0 aliphatic carbocycles. The molecule has 1 saturated heterocycles. The van der Waals surface area contributed by atoms with Crippen LogP contribution in [0, 0.1) is 0 Å². The molecule has 1 aliphatic heterocycles. The summed E-state index contributed by atoms with van der Waals surface area (Å²) in [6, 6.07) is 9.31. The third-order valence-electron chi connectivity index (χ3n) is 4.04. The van der Waals surface area contributed by atoms with Crippen LogP contribution < -0.4 is 11.5 Å². The lowest BCUT2D eigenvalue weighted by molar-refractivity contribution is -0.124. The Morgan fingerprint density at radius 3 is 2.67 bits per heavy atom. The molecule has 1 aliphatic rings. The van der Waals surface area contributed by atoms with Crippen LogP contribution in [0.25, 0.3) is 0 Å². The summed E-state index contributed by atoms with van der Waals surface area (Å²) in [6.45, 7) is 1.96. The number of rotatable bonds is 6. The summed E-state index contributed by atoms with van der Waals surface area (Å²) in [5.74, 6) is -0.509. The minimum Gasteiger partial charge on any atom is -0.377 e. The number of ether oxygens (including phenoxy) is 1. The van der Waals surface area contributed by atoms with E-state index in [0.717, 1.165) is 31.6 Å². The van der Waals surface area contributed by atoms with Crippen molar-refractivity contribution in [1.29, 1.82) is 0 Å². The molecule has 2 unspecified atom stereocenters. The van der Waals surface area contributed by atoms with Gasteiger partial charge in [-0.1, -0.05) is 30.3 Å². The van der Waals surface area contributed by atoms with E-state index in [1.54, 1.807) is 0 Å². The maximum Gasteiger partial charge on any atom is 0.243 e. The average Bonchev–Trinajstić information content (AvgIpc) is 2.48. The number of benzene rings is 1. The van der Waals surface area contributed by atoms with Crippen molar-refractivity contribution in [1.82, 2.24) is 4.90 Å². The van der Waals surface area contributed by atoms with E-state index >= 15 is 0 Å². The topological polar surface area (TPSA) is 81.6 Å². The molecule has 0 bridgehead atoms. The molecular weight excluding hydrogens is 266 g/mol. The molecule has 0 saturated carbocycles. The highest BCUT2D eigenvalue weighted by Crippen LogP contribution is 2.20. The van der Waals surface area contributed by atoms with Crippen LogP contribution in [0.1, 0.15) is 24.8 Å². The Morgan fingerprint density at radius 1 is 1.38 bits per heavy atom. The fourth-order valence-corrected chi connectivity index (χ4v) is 2.84. The predicted octanol–water partition coefficient (Wildman–Crippen LogP) is 0.827. The minimum atomic E-state index is -1.18. The van der Waals surface area contributed by atoms with E-state index in [2.05, 4.69) is 0 Å². The Kier molecular flexibility index (Phi) is 5.33. The van der Waals surface area contributed by atoms with E-state index in [9.17, 15) is 4.79 Å². The maximum atomic E-state index is 11.9. The molecule has 1 aromatic rings. The third-order valence-corrected chi connectivity index (χ3v) is 4.04. The molecule has 1 amide bonds. The van der Waals surface area contributed by atoms with Crippen molar-refractivity contribution >= 4 is 5.91 Å². The van der Waals surface area contributed by atoms with Crippen molar-refractivity contribution in [3.8, 4) is 0 Å². The Morgan fingerprint density at radius 2 is 2.10 bits per heavy atom. The zero-order valence-corrected chi connectivity index (χ0v) is 12.6. The smallest absolute Gasteiger partial charge is 0.243 e. The van der Waals surface area contributed by atoms with Gasteiger partial charge in [0.25, 0.3) is 0 Å². The van der Waals surface area contributed by atoms with Gasteiger partial charge in [-0.25, -0.2) is 0 Å². The lowest BCUT2D eigenvalue weighted by Crippen LogP contribution is -2.56. The Bertz CT molecular complexity index is 460. The van der Waals surface area contributed by atoms with Crippen LogP contribution in [0.2, 0.25) is 0 Å². The second kappa shape index (κ2) is 7.02. The summed E-state index contributed by atoms with van der Waals surface area (Å²) in [7, 11) is 1.95. The summed E-state index contributed by atoms with van der Waals surface area (Å²) in [5.41, 5.74) is 11.4. The second-order valence-corrected chi connectivity index (χ2v) is 5.89. The molecule has 1 heterocycles. The van der Waals surface area contributed by atoms with Crippen molar-refractivity contribution in [2.24, 2.45) is 11.5 Å². The first kappa shape index (κ1) is 15.9. The monoisotopic (exact) mass is 291 g/mol. The molecule has 1 aromatic carbocycles. The highest BCUT2D eigenvalue weighted by molar-refractivity contribution is 5.86. The van der Waals surface area contributed by atoms with Gasteiger partial charge in [-0.2, -0.15) is 0 Å². The normalized spacial score (nSPS) is 22.0. The summed E-state index contributed by atoms with van der Waals surface area (Å²) >= 11 is 0. The largest absolute Gasteiger partial charge is 0.377 e. The van der Waals surface area contributed by atoms with E-state index in [-0.39, 0.29) is 6.10 Å². The summed E-state index contributed by atoms with van der Waals surface area (Å²) < 4.78 is 5.73. The number of nitrogens with zero attached hydrogens (tertiary/aromatic N) is 1. The molecular formula is C16H25N3O2. The molecule has 0 spiro atoms. The van der Waals surface area contributed by atoms with Crippen LogP contribution in [0.5, 0.6) is 0 Å². The van der Waals surface area contributed by atoms with Gasteiger partial charge in [0.1, 0.15) is 5.54 Å². The van der Waals surface area contributed by atoms with Crippen LogP contribution in [0.4, 0.5) is 0 Å². The Balaban J connectivity index is 2.03. The molecule has 21 heavy (non-hydrogen) atoms. The average molecular weight is 291 g/mol. The lowest BCUT2D eigenvalue weighted by atomic mass is 9.89. The number of primary amides is 1. The van der Waals surface area contributed by atoms with E-state index in [0.29, 0.717) is 6.54 Å². The van der Waals surface area contributed by atoms with Gasteiger partial charge in [0.05, 0.1) is 6.10 Å². The third kappa shape index (κ3) is 4.03. The van der Waals surface area contributed by atoms with E-state index in [4.69, 9.17) is 16.2 Å². The van der Waals surface area contributed by atoms with Gasteiger partial charge in [-0.15, -0.1) is 0 Å². The molecule has 2 rings (SSSR count). The van der Waals surface area contributed by atoms with Crippen molar-refractivity contribution < 1.29 is 9.53 Å². The Labute approximate surface area is 126 Å². The van der Waals surface area contributed by atoms with Crippen LogP contribution >= 0.6 is 0 Å². The van der Waals surface area contributed by atoms with Crippen LogP contribution in [0.3, 0.4) is 0 Å². The number of hydrogen-bond donors (Lipinski definition) is 2.